The average Bonchev–Trinajstić information content (AvgIpc) is 2.75. The fourth-order valence-corrected chi connectivity index (χ4v) is 4.98. The van der Waals surface area contributed by atoms with Crippen molar-refractivity contribution in [3.8, 4) is 0 Å². The van der Waals surface area contributed by atoms with Crippen molar-refractivity contribution in [2.45, 2.75) is 60.2 Å². The zero-order valence-electron chi connectivity index (χ0n) is 19.2. The van der Waals surface area contributed by atoms with Gasteiger partial charge in [0.2, 0.25) is 5.91 Å². The normalized spacial score (nSPS) is 24.7. The van der Waals surface area contributed by atoms with Gasteiger partial charge in [-0.05, 0) is 57.1 Å². The summed E-state index contributed by atoms with van der Waals surface area (Å²) < 4.78 is 1.53. The smallest absolute Gasteiger partial charge is 0.283 e. The lowest BCUT2D eigenvalue weighted by atomic mass is 9.58. The fourth-order valence-electron chi connectivity index (χ4n) is 4.38. The minimum atomic E-state index is -0.350. The van der Waals surface area contributed by atoms with E-state index in [4.69, 9.17) is 11.6 Å². The zero-order valence-corrected chi connectivity index (χ0v) is 21.5. The minimum Gasteiger partial charge on any atom is -0.380 e. The maximum Gasteiger partial charge on any atom is 0.283 e. The van der Waals surface area contributed by atoms with E-state index in [2.05, 4.69) is 71.3 Å². The van der Waals surface area contributed by atoms with Crippen molar-refractivity contribution in [1.29, 1.82) is 0 Å². The zero-order chi connectivity index (χ0) is 23.6. The summed E-state index contributed by atoms with van der Waals surface area (Å²) in [5.74, 6) is 1.21. The van der Waals surface area contributed by atoms with Gasteiger partial charge in [0.25, 0.3) is 5.56 Å². The first-order chi connectivity index (χ1) is 15.0. The highest BCUT2D eigenvalue weighted by atomic mass is 79.9. The standard InChI is InChI=1S/C23H31BrClN5O2/c1-13-8-18(14(2)15(3)23(13,4)5)29-19-11-28-30(22(32)21(19)24)12-20(31)27-9-16-6-7-26-10-17(16)25/h6-7,10-11,13-15,18,29H,8-9,12H2,1-5H3,(H,27,31)/t13-,14+,15+,18+/m0/s1. The van der Waals surface area contributed by atoms with Gasteiger partial charge in [0.15, 0.2) is 0 Å². The van der Waals surface area contributed by atoms with Crippen LogP contribution in [0.15, 0.2) is 33.9 Å². The maximum atomic E-state index is 12.8. The first kappa shape index (κ1) is 24.7. The molecule has 2 aromatic heterocycles. The lowest BCUT2D eigenvalue weighted by Gasteiger charge is -2.50. The number of pyridine rings is 1. The Kier molecular flexibility index (Phi) is 7.65. The van der Waals surface area contributed by atoms with Gasteiger partial charge in [-0.2, -0.15) is 5.10 Å². The van der Waals surface area contributed by atoms with E-state index in [-0.39, 0.29) is 36.0 Å². The number of aromatic nitrogens is 3. The molecule has 9 heteroatoms. The van der Waals surface area contributed by atoms with E-state index in [1.54, 1.807) is 18.5 Å². The van der Waals surface area contributed by atoms with Gasteiger partial charge >= 0.3 is 0 Å². The lowest BCUT2D eigenvalue weighted by molar-refractivity contribution is -0.122. The van der Waals surface area contributed by atoms with E-state index in [0.717, 1.165) is 16.7 Å². The van der Waals surface area contributed by atoms with Crippen molar-refractivity contribution < 1.29 is 4.79 Å². The van der Waals surface area contributed by atoms with Crippen molar-refractivity contribution in [3.63, 3.8) is 0 Å². The molecule has 7 nitrogen and oxygen atoms in total. The molecule has 0 spiro atoms. The summed E-state index contributed by atoms with van der Waals surface area (Å²) in [6, 6.07) is 1.98. The molecular weight excluding hydrogens is 494 g/mol. The Balaban J connectivity index is 1.67. The summed E-state index contributed by atoms with van der Waals surface area (Å²) in [5.41, 5.74) is 1.33. The van der Waals surface area contributed by atoms with E-state index in [1.165, 1.54) is 6.20 Å². The van der Waals surface area contributed by atoms with E-state index >= 15 is 0 Å². The molecule has 0 radical (unpaired) electrons. The van der Waals surface area contributed by atoms with Crippen LogP contribution in [0.1, 0.15) is 46.6 Å². The summed E-state index contributed by atoms with van der Waals surface area (Å²) in [6.07, 6.45) is 5.76. The third-order valence-corrected chi connectivity index (χ3v) is 8.53. The van der Waals surface area contributed by atoms with Gasteiger partial charge in [-0.15, -0.1) is 0 Å². The number of carbonyl (C=O) groups is 1. The number of anilines is 1. The van der Waals surface area contributed by atoms with Gasteiger partial charge < -0.3 is 10.6 Å². The van der Waals surface area contributed by atoms with Gasteiger partial charge in [-0.1, -0.05) is 46.2 Å². The molecule has 1 aliphatic rings. The van der Waals surface area contributed by atoms with E-state index < -0.39 is 0 Å². The SMILES string of the molecule is C[C@@H]1[C@@H](C)C(C)(C)[C@@H](C)C[C@H]1Nc1cnn(CC(=O)NCc2ccncc2Cl)c(=O)c1Br. The monoisotopic (exact) mass is 523 g/mol. The molecule has 0 aromatic carbocycles. The van der Waals surface area contributed by atoms with Crippen LogP contribution in [-0.2, 0) is 17.9 Å². The van der Waals surface area contributed by atoms with Crippen LogP contribution in [0, 0.1) is 23.2 Å². The summed E-state index contributed by atoms with van der Waals surface area (Å²) in [7, 11) is 0. The fraction of sp³-hybridized carbons (Fsp3) is 0.565. The molecular formula is C23H31BrClN5O2. The Labute approximate surface area is 202 Å². The van der Waals surface area contributed by atoms with Crippen molar-refractivity contribution in [1.82, 2.24) is 20.1 Å². The number of amides is 1. The molecule has 0 aliphatic heterocycles. The summed E-state index contributed by atoms with van der Waals surface area (Å²) in [6.45, 7) is 11.6. The summed E-state index contributed by atoms with van der Waals surface area (Å²) >= 11 is 9.47. The second-order valence-electron chi connectivity index (χ2n) is 9.44. The van der Waals surface area contributed by atoms with Crippen LogP contribution in [0.4, 0.5) is 5.69 Å². The number of halogens is 2. The van der Waals surface area contributed by atoms with Gasteiger partial charge in [0.1, 0.15) is 11.0 Å². The second kappa shape index (κ2) is 9.91. The van der Waals surface area contributed by atoms with Crippen LogP contribution < -0.4 is 16.2 Å². The highest BCUT2D eigenvalue weighted by Crippen LogP contribution is 2.48. The number of nitrogens with one attached hydrogen (secondary N) is 2. The number of nitrogens with zero attached hydrogens (tertiary/aromatic N) is 3. The highest BCUT2D eigenvalue weighted by molar-refractivity contribution is 9.10. The predicted molar refractivity (Wildman–Crippen MR) is 131 cm³/mol. The van der Waals surface area contributed by atoms with Crippen molar-refractivity contribution >= 4 is 39.1 Å². The molecule has 3 rings (SSSR count). The topological polar surface area (TPSA) is 88.9 Å². The molecule has 1 fully saturated rings. The molecule has 1 saturated carbocycles. The van der Waals surface area contributed by atoms with Gasteiger partial charge in [-0.3, -0.25) is 14.6 Å². The van der Waals surface area contributed by atoms with Crippen molar-refractivity contribution in [2.75, 3.05) is 5.32 Å². The van der Waals surface area contributed by atoms with Crippen molar-refractivity contribution in [3.05, 3.63) is 50.1 Å². The number of carbonyl (C=O) groups excluding carboxylic acids is 1. The number of rotatable bonds is 6. The Hall–Kier alpha value is -1.93. The van der Waals surface area contributed by atoms with Crippen LogP contribution in [-0.4, -0.2) is 26.7 Å². The Morgan fingerprint density at radius 2 is 2.03 bits per heavy atom. The first-order valence-electron chi connectivity index (χ1n) is 10.9. The summed E-state index contributed by atoms with van der Waals surface area (Å²) in [4.78, 5) is 29.1. The van der Waals surface area contributed by atoms with Crippen LogP contribution in [0.25, 0.3) is 0 Å². The third kappa shape index (κ3) is 5.17. The van der Waals surface area contributed by atoms with E-state index in [1.807, 2.05) is 0 Å². The molecule has 0 saturated heterocycles. The van der Waals surface area contributed by atoms with E-state index in [9.17, 15) is 9.59 Å². The molecule has 2 aromatic rings. The van der Waals surface area contributed by atoms with Gasteiger partial charge in [0, 0.05) is 25.0 Å². The quantitative estimate of drug-likeness (QED) is 0.581. The summed E-state index contributed by atoms with van der Waals surface area (Å²) in [5, 5.41) is 11.0. The molecule has 2 heterocycles. The molecule has 0 unspecified atom stereocenters. The van der Waals surface area contributed by atoms with Crippen LogP contribution in [0.3, 0.4) is 0 Å². The van der Waals surface area contributed by atoms with Gasteiger partial charge in [-0.25, -0.2) is 4.68 Å². The van der Waals surface area contributed by atoms with Gasteiger partial charge in [0.05, 0.1) is 16.9 Å². The molecule has 174 valence electrons. The Morgan fingerprint density at radius 1 is 1.31 bits per heavy atom. The largest absolute Gasteiger partial charge is 0.380 e. The third-order valence-electron chi connectivity index (χ3n) is 7.43. The Bertz CT molecular complexity index is 1040. The second-order valence-corrected chi connectivity index (χ2v) is 10.6. The van der Waals surface area contributed by atoms with Crippen LogP contribution in [0.2, 0.25) is 5.02 Å². The molecule has 32 heavy (non-hydrogen) atoms. The average molecular weight is 525 g/mol. The predicted octanol–water partition coefficient (Wildman–Crippen LogP) is 4.49. The van der Waals surface area contributed by atoms with Crippen LogP contribution in [0.5, 0.6) is 0 Å². The molecule has 1 amide bonds. The number of hydrogen-bond acceptors (Lipinski definition) is 5. The molecule has 1 aliphatic carbocycles. The van der Waals surface area contributed by atoms with Crippen LogP contribution >= 0.6 is 27.5 Å². The number of hydrogen-bond donors (Lipinski definition) is 2. The van der Waals surface area contributed by atoms with E-state index in [0.29, 0.717) is 32.9 Å². The first-order valence-corrected chi connectivity index (χ1v) is 12.1. The molecule has 2 N–H and O–H groups in total. The maximum absolute atomic E-state index is 12.8. The minimum absolute atomic E-state index is 0.178. The van der Waals surface area contributed by atoms with Crippen molar-refractivity contribution in [2.24, 2.45) is 23.2 Å². The lowest BCUT2D eigenvalue weighted by Crippen LogP contribution is -2.48. The molecule has 0 bridgehead atoms. The Morgan fingerprint density at radius 3 is 2.72 bits per heavy atom. The molecule has 4 atom stereocenters. The highest BCUT2D eigenvalue weighted by Gasteiger charge is 2.43.